The second-order valence-electron chi connectivity index (χ2n) is 3.96. The summed E-state index contributed by atoms with van der Waals surface area (Å²) in [5.74, 6) is 0. The lowest BCUT2D eigenvalue weighted by molar-refractivity contribution is -0.384. The van der Waals surface area contributed by atoms with Gasteiger partial charge in [0.25, 0.3) is 5.69 Å². The second-order valence-corrected chi connectivity index (χ2v) is 6.05. The zero-order valence-electron chi connectivity index (χ0n) is 10.5. The molecule has 1 aromatic rings. The number of rotatable bonds is 6. The summed E-state index contributed by atoms with van der Waals surface area (Å²) >= 11 is 5.77. The number of benzene rings is 1. The maximum Gasteiger partial charge on any atom is 0.271 e. The maximum absolute atomic E-state index is 12.1. The van der Waals surface area contributed by atoms with E-state index in [1.165, 1.54) is 0 Å². The molecule has 0 amide bonds. The summed E-state index contributed by atoms with van der Waals surface area (Å²) in [6.07, 6.45) is 0.470. The normalized spacial score (nSPS) is 12.7. The van der Waals surface area contributed by atoms with E-state index in [1.807, 2.05) is 6.07 Å². The molecule has 108 valence electrons. The summed E-state index contributed by atoms with van der Waals surface area (Å²) in [7, 11) is -3.92. The lowest BCUT2D eigenvalue weighted by Crippen LogP contribution is -2.34. The molecule has 7 nitrogen and oxygen atoms in total. The third-order valence-corrected chi connectivity index (χ3v) is 4.57. The number of nitrogens with zero attached hydrogens (tertiary/aromatic N) is 2. The van der Waals surface area contributed by atoms with Crippen LogP contribution in [-0.2, 0) is 10.0 Å². The molecular weight excluding hydrogens is 306 g/mol. The third kappa shape index (κ3) is 3.90. The van der Waals surface area contributed by atoms with Crippen LogP contribution in [0.4, 0.5) is 5.69 Å². The van der Waals surface area contributed by atoms with Crippen molar-refractivity contribution < 1.29 is 13.3 Å². The molecule has 9 heteroatoms. The number of nitriles is 1. The Morgan fingerprint density at radius 3 is 2.65 bits per heavy atom. The molecule has 0 aliphatic carbocycles. The Labute approximate surface area is 121 Å². The van der Waals surface area contributed by atoms with Crippen molar-refractivity contribution >= 4 is 27.3 Å². The summed E-state index contributed by atoms with van der Waals surface area (Å²) in [6, 6.07) is 4.46. The van der Waals surface area contributed by atoms with Crippen molar-refractivity contribution in [1.82, 2.24) is 4.72 Å². The van der Waals surface area contributed by atoms with Crippen LogP contribution in [0.25, 0.3) is 0 Å². The molecule has 1 unspecified atom stereocenters. The number of nitro groups is 1. The highest BCUT2D eigenvalue weighted by Crippen LogP contribution is 2.26. The minimum absolute atomic E-state index is 0.0281. The van der Waals surface area contributed by atoms with Crippen molar-refractivity contribution in [3.63, 3.8) is 0 Å². The minimum atomic E-state index is -3.92. The number of hydrogen-bond donors (Lipinski definition) is 1. The first kappa shape index (κ1) is 16.4. The van der Waals surface area contributed by atoms with Crippen molar-refractivity contribution in [2.45, 2.75) is 30.7 Å². The molecule has 1 atom stereocenters. The van der Waals surface area contributed by atoms with Gasteiger partial charge in [0.15, 0.2) is 0 Å². The molecule has 0 fully saturated rings. The molecule has 20 heavy (non-hydrogen) atoms. The fourth-order valence-corrected chi connectivity index (χ4v) is 3.34. The Balaban J connectivity index is 3.10. The van der Waals surface area contributed by atoms with Gasteiger partial charge < -0.3 is 0 Å². The average molecular weight is 318 g/mol. The van der Waals surface area contributed by atoms with Crippen LogP contribution < -0.4 is 4.72 Å². The van der Waals surface area contributed by atoms with E-state index in [4.69, 9.17) is 16.9 Å². The Hall–Kier alpha value is -1.69. The van der Waals surface area contributed by atoms with E-state index in [-0.39, 0.29) is 22.0 Å². The van der Waals surface area contributed by atoms with Crippen LogP contribution in [-0.4, -0.2) is 19.4 Å². The fourth-order valence-electron chi connectivity index (χ4n) is 1.48. The molecule has 1 aromatic carbocycles. The van der Waals surface area contributed by atoms with Crippen LogP contribution in [0.2, 0.25) is 5.02 Å². The quantitative estimate of drug-likeness (QED) is 0.638. The van der Waals surface area contributed by atoms with Crippen LogP contribution in [0.5, 0.6) is 0 Å². The lowest BCUT2D eigenvalue weighted by atomic mass is 10.2. The topological polar surface area (TPSA) is 113 Å². The maximum atomic E-state index is 12.1. The van der Waals surface area contributed by atoms with E-state index in [1.54, 1.807) is 6.92 Å². The second kappa shape index (κ2) is 6.65. The predicted octanol–water partition coefficient (Wildman–Crippen LogP) is 2.22. The standard InChI is InChI=1S/C11H12ClN3O4S/c1-2-8(5-6-13)14-20(18,19)11-4-3-9(15(16)17)7-10(11)12/h3-4,7-8,14H,2,5H2,1H3. The fraction of sp³-hybridized carbons (Fsp3) is 0.364. The number of halogens is 1. The van der Waals surface area contributed by atoms with Crippen molar-refractivity contribution in [2.75, 3.05) is 0 Å². The number of nitro benzene ring substituents is 1. The Kier molecular flexibility index (Phi) is 5.44. The predicted molar refractivity (Wildman–Crippen MR) is 72.7 cm³/mol. The molecule has 0 spiro atoms. The van der Waals surface area contributed by atoms with Crippen LogP contribution in [0.1, 0.15) is 19.8 Å². The zero-order valence-corrected chi connectivity index (χ0v) is 12.1. The molecule has 0 aromatic heterocycles. The summed E-state index contributed by atoms with van der Waals surface area (Å²) < 4.78 is 26.6. The lowest BCUT2D eigenvalue weighted by Gasteiger charge is -2.14. The molecule has 0 saturated carbocycles. The van der Waals surface area contributed by atoms with Gasteiger partial charge in [-0.1, -0.05) is 18.5 Å². The summed E-state index contributed by atoms with van der Waals surface area (Å²) in [5.41, 5.74) is -0.294. The summed E-state index contributed by atoms with van der Waals surface area (Å²) in [4.78, 5) is 9.65. The van der Waals surface area contributed by atoms with Gasteiger partial charge in [0, 0.05) is 18.2 Å². The van der Waals surface area contributed by atoms with E-state index in [2.05, 4.69) is 4.72 Å². The Bertz CT molecular complexity index is 654. The first-order valence-corrected chi connectivity index (χ1v) is 7.51. The van der Waals surface area contributed by atoms with Gasteiger partial charge in [-0.25, -0.2) is 13.1 Å². The van der Waals surface area contributed by atoms with Crippen molar-refractivity contribution in [3.05, 3.63) is 33.3 Å². The largest absolute Gasteiger partial charge is 0.271 e. The molecule has 0 bridgehead atoms. The van der Waals surface area contributed by atoms with Crippen molar-refractivity contribution in [1.29, 1.82) is 5.26 Å². The molecule has 1 rings (SSSR count). The van der Waals surface area contributed by atoms with E-state index in [0.717, 1.165) is 18.2 Å². The number of sulfonamides is 1. The van der Waals surface area contributed by atoms with Crippen LogP contribution >= 0.6 is 11.6 Å². The first-order chi connectivity index (χ1) is 9.31. The first-order valence-electron chi connectivity index (χ1n) is 5.65. The highest BCUT2D eigenvalue weighted by atomic mass is 35.5. The van der Waals surface area contributed by atoms with Crippen molar-refractivity contribution in [3.8, 4) is 6.07 Å². The molecule has 0 aliphatic rings. The smallest absolute Gasteiger partial charge is 0.258 e. The minimum Gasteiger partial charge on any atom is -0.258 e. The molecule has 0 radical (unpaired) electrons. The number of nitrogens with one attached hydrogen (secondary N) is 1. The molecule has 0 aliphatic heterocycles. The van der Waals surface area contributed by atoms with Crippen LogP contribution in [0.15, 0.2) is 23.1 Å². The van der Waals surface area contributed by atoms with Gasteiger partial charge in [-0.2, -0.15) is 5.26 Å². The summed E-state index contributed by atoms with van der Waals surface area (Å²) in [5, 5.41) is 18.9. The SMILES string of the molecule is CCC(CC#N)NS(=O)(=O)c1ccc([N+](=O)[O-])cc1Cl. The highest BCUT2D eigenvalue weighted by molar-refractivity contribution is 7.89. The average Bonchev–Trinajstić information content (AvgIpc) is 2.37. The van der Waals surface area contributed by atoms with E-state index in [0.29, 0.717) is 6.42 Å². The number of hydrogen-bond acceptors (Lipinski definition) is 5. The van der Waals surface area contributed by atoms with Gasteiger partial charge in [0.05, 0.1) is 22.4 Å². The zero-order chi connectivity index (χ0) is 15.3. The highest BCUT2D eigenvalue weighted by Gasteiger charge is 2.23. The van der Waals surface area contributed by atoms with E-state index in [9.17, 15) is 18.5 Å². The Morgan fingerprint density at radius 2 is 2.20 bits per heavy atom. The summed E-state index contributed by atoms with van der Waals surface area (Å²) in [6.45, 7) is 1.74. The van der Waals surface area contributed by atoms with Gasteiger partial charge in [-0.3, -0.25) is 10.1 Å². The van der Waals surface area contributed by atoms with Crippen LogP contribution in [0, 0.1) is 21.4 Å². The van der Waals surface area contributed by atoms with Crippen LogP contribution in [0.3, 0.4) is 0 Å². The van der Waals surface area contributed by atoms with E-state index < -0.39 is 21.0 Å². The molecular formula is C11H12ClN3O4S. The van der Waals surface area contributed by atoms with Gasteiger partial charge in [0.1, 0.15) is 4.90 Å². The van der Waals surface area contributed by atoms with Gasteiger partial charge in [0.2, 0.25) is 10.0 Å². The van der Waals surface area contributed by atoms with Gasteiger partial charge in [-0.05, 0) is 12.5 Å². The molecule has 0 heterocycles. The third-order valence-electron chi connectivity index (χ3n) is 2.57. The van der Waals surface area contributed by atoms with Gasteiger partial charge >= 0.3 is 0 Å². The monoisotopic (exact) mass is 317 g/mol. The van der Waals surface area contributed by atoms with E-state index >= 15 is 0 Å². The number of non-ortho nitro benzene ring substituents is 1. The molecule has 1 N–H and O–H groups in total. The molecule has 0 saturated heterocycles. The van der Waals surface area contributed by atoms with Crippen molar-refractivity contribution in [2.24, 2.45) is 0 Å². The Morgan fingerprint density at radius 1 is 1.55 bits per heavy atom. The van der Waals surface area contributed by atoms with Gasteiger partial charge in [-0.15, -0.1) is 0 Å².